The van der Waals surface area contributed by atoms with Gasteiger partial charge in [-0.3, -0.25) is 4.79 Å². The molecule has 0 saturated carbocycles. The molecule has 0 bridgehead atoms. The van der Waals surface area contributed by atoms with Crippen molar-refractivity contribution >= 4 is 11.6 Å². The Bertz CT molecular complexity index is 558. The Hall–Kier alpha value is -2.07. The molecule has 0 aliphatic rings. The fourth-order valence-corrected chi connectivity index (χ4v) is 1.72. The normalized spacial score (nSPS) is 12.2. The summed E-state index contributed by atoms with van der Waals surface area (Å²) in [7, 11) is 0. The first-order valence-electron chi connectivity index (χ1n) is 5.79. The first kappa shape index (κ1) is 12.4. The fourth-order valence-electron chi connectivity index (χ4n) is 1.72. The number of amides is 1. The highest BCUT2D eigenvalue weighted by molar-refractivity contribution is 6.04. The first-order valence-corrected chi connectivity index (χ1v) is 5.79. The zero-order valence-corrected chi connectivity index (χ0v) is 10.4. The standard InChI is InChI=1S/C14H16N2O2/c1-9(15)11-4-3-5-12(8-11)16-14(17)13-6-7-18-10(13)2/h3-9H,15H2,1-2H3,(H,16,17). The summed E-state index contributed by atoms with van der Waals surface area (Å²) in [5.74, 6) is 0.430. The Balaban J connectivity index is 2.17. The molecule has 0 spiro atoms. The second-order valence-corrected chi connectivity index (χ2v) is 4.26. The van der Waals surface area contributed by atoms with Gasteiger partial charge < -0.3 is 15.5 Å². The van der Waals surface area contributed by atoms with Crippen molar-refractivity contribution in [3.8, 4) is 0 Å². The lowest BCUT2D eigenvalue weighted by Gasteiger charge is -2.09. The van der Waals surface area contributed by atoms with Crippen molar-refractivity contribution in [1.82, 2.24) is 0 Å². The van der Waals surface area contributed by atoms with Crippen molar-refractivity contribution in [3.63, 3.8) is 0 Å². The average Bonchev–Trinajstić information content (AvgIpc) is 2.76. The molecule has 1 aromatic carbocycles. The van der Waals surface area contributed by atoms with Gasteiger partial charge in [0.15, 0.2) is 0 Å². The lowest BCUT2D eigenvalue weighted by Crippen LogP contribution is -2.13. The molecule has 2 aromatic rings. The third-order valence-corrected chi connectivity index (χ3v) is 2.77. The van der Waals surface area contributed by atoms with E-state index in [1.54, 1.807) is 13.0 Å². The van der Waals surface area contributed by atoms with E-state index in [4.69, 9.17) is 10.2 Å². The number of nitrogens with two attached hydrogens (primary N) is 1. The smallest absolute Gasteiger partial charge is 0.259 e. The minimum absolute atomic E-state index is 0.0579. The zero-order valence-electron chi connectivity index (χ0n) is 10.4. The van der Waals surface area contributed by atoms with Gasteiger partial charge in [0, 0.05) is 11.7 Å². The number of carbonyl (C=O) groups is 1. The molecule has 1 unspecified atom stereocenters. The summed E-state index contributed by atoms with van der Waals surface area (Å²) in [5.41, 5.74) is 8.06. The molecular weight excluding hydrogens is 228 g/mol. The number of hydrogen-bond donors (Lipinski definition) is 2. The van der Waals surface area contributed by atoms with Crippen LogP contribution in [-0.4, -0.2) is 5.91 Å². The van der Waals surface area contributed by atoms with E-state index in [2.05, 4.69) is 5.32 Å². The molecule has 3 N–H and O–H groups in total. The zero-order chi connectivity index (χ0) is 13.1. The Kier molecular flexibility index (Phi) is 3.48. The minimum Gasteiger partial charge on any atom is -0.469 e. The van der Waals surface area contributed by atoms with E-state index in [0.717, 1.165) is 11.3 Å². The molecule has 2 rings (SSSR count). The van der Waals surface area contributed by atoms with E-state index in [1.807, 2.05) is 31.2 Å². The Morgan fingerprint density at radius 1 is 1.39 bits per heavy atom. The number of hydrogen-bond acceptors (Lipinski definition) is 3. The topological polar surface area (TPSA) is 68.3 Å². The predicted octanol–water partition coefficient (Wildman–Crippen LogP) is 2.86. The highest BCUT2D eigenvalue weighted by Gasteiger charge is 2.11. The number of anilines is 1. The Labute approximate surface area is 106 Å². The Morgan fingerprint density at radius 2 is 2.17 bits per heavy atom. The van der Waals surface area contributed by atoms with E-state index in [-0.39, 0.29) is 11.9 Å². The van der Waals surface area contributed by atoms with Gasteiger partial charge in [0.05, 0.1) is 11.8 Å². The van der Waals surface area contributed by atoms with Crippen molar-refractivity contribution in [1.29, 1.82) is 0 Å². The van der Waals surface area contributed by atoms with Crippen LogP contribution in [0.25, 0.3) is 0 Å². The average molecular weight is 244 g/mol. The summed E-state index contributed by atoms with van der Waals surface area (Å²) < 4.78 is 5.10. The first-order chi connectivity index (χ1) is 8.58. The van der Waals surface area contributed by atoms with Gasteiger partial charge in [0.2, 0.25) is 0 Å². The van der Waals surface area contributed by atoms with Crippen LogP contribution < -0.4 is 11.1 Å². The number of nitrogens with one attached hydrogen (secondary N) is 1. The highest BCUT2D eigenvalue weighted by atomic mass is 16.3. The largest absolute Gasteiger partial charge is 0.469 e. The number of furan rings is 1. The molecule has 4 heteroatoms. The second-order valence-electron chi connectivity index (χ2n) is 4.26. The van der Waals surface area contributed by atoms with Crippen LogP contribution in [0, 0.1) is 6.92 Å². The lowest BCUT2D eigenvalue weighted by molar-refractivity contribution is 0.102. The van der Waals surface area contributed by atoms with Gasteiger partial charge >= 0.3 is 0 Å². The van der Waals surface area contributed by atoms with E-state index in [0.29, 0.717) is 11.3 Å². The fraction of sp³-hybridized carbons (Fsp3) is 0.214. The maximum Gasteiger partial charge on any atom is 0.259 e. The summed E-state index contributed by atoms with van der Waals surface area (Å²) in [5, 5.41) is 2.83. The summed E-state index contributed by atoms with van der Waals surface area (Å²) >= 11 is 0. The summed E-state index contributed by atoms with van der Waals surface area (Å²) in [6.45, 7) is 3.66. The lowest BCUT2D eigenvalue weighted by atomic mass is 10.1. The van der Waals surface area contributed by atoms with Crippen molar-refractivity contribution < 1.29 is 9.21 Å². The summed E-state index contributed by atoms with van der Waals surface area (Å²) in [6.07, 6.45) is 1.50. The molecule has 4 nitrogen and oxygen atoms in total. The third-order valence-electron chi connectivity index (χ3n) is 2.77. The van der Waals surface area contributed by atoms with Crippen LogP contribution in [0.3, 0.4) is 0 Å². The van der Waals surface area contributed by atoms with Crippen molar-refractivity contribution in [2.24, 2.45) is 5.73 Å². The Morgan fingerprint density at radius 3 is 2.78 bits per heavy atom. The van der Waals surface area contributed by atoms with Crippen molar-refractivity contribution in [3.05, 3.63) is 53.5 Å². The maximum absolute atomic E-state index is 12.0. The molecule has 1 atom stereocenters. The highest BCUT2D eigenvalue weighted by Crippen LogP contribution is 2.17. The van der Waals surface area contributed by atoms with Crippen LogP contribution in [0.5, 0.6) is 0 Å². The molecule has 0 aliphatic carbocycles. The molecule has 1 amide bonds. The van der Waals surface area contributed by atoms with Gasteiger partial charge in [-0.1, -0.05) is 12.1 Å². The van der Waals surface area contributed by atoms with Gasteiger partial charge in [0.25, 0.3) is 5.91 Å². The van der Waals surface area contributed by atoms with Crippen molar-refractivity contribution in [2.75, 3.05) is 5.32 Å². The molecule has 1 heterocycles. The molecule has 0 radical (unpaired) electrons. The molecule has 0 saturated heterocycles. The molecule has 1 aromatic heterocycles. The van der Waals surface area contributed by atoms with Crippen LogP contribution >= 0.6 is 0 Å². The summed E-state index contributed by atoms with van der Waals surface area (Å²) in [4.78, 5) is 12.0. The van der Waals surface area contributed by atoms with E-state index in [9.17, 15) is 4.79 Å². The van der Waals surface area contributed by atoms with E-state index < -0.39 is 0 Å². The number of benzene rings is 1. The third kappa shape index (κ3) is 2.60. The van der Waals surface area contributed by atoms with Crippen LogP contribution in [0.1, 0.15) is 34.6 Å². The number of carbonyl (C=O) groups excluding carboxylic acids is 1. The van der Waals surface area contributed by atoms with Crippen LogP contribution in [-0.2, 0) is 0 Å². The van der Waals surface area contributed by atoms with Gasteiger partial charge in [-0.15, -0.1) is 0 Å². The quantitative estimate of drug-likeness (QED) is 0.872. The summed E-state index contributed by atoms with van der Waals surface area (Å²) in [6, 6.07) is 9.11. The minimum atomic E-state index is -0.178. The van der Waals surface area contributed by atoms with Crippen LogP contribution in [0.15, 0.2) is 41.0 Å². The second kappa shape index (κ2) is 5.06. The van der Waals surface area contributed by atoms with Crippen LogP contribution in [0.4, 0.5) is 5.69 Å². The van der Waals surface area contributed by atoms with Gasteiger partial charge in [-0.05, 0) is 37.6 Å². The molecule has 0 aliphatic heterocycles. The molecule has 94 valence electrons. The maximum atomic E-state index is 12.0. The molecule has 18 heavy (non-hydrogen) atoms. The van der Waals surface area contributed by atoms with Crippen molar-refractivity contribution in [2.45, 2.75) is 19.9 Å². The number of rotatable bonds is 3. The van der Waals surface area contributed by atoms with Gasteiger partial charge in [0.1, 0.15) is 5.76 Å². The van der Waals surface area contributed by atoms with E-state index in [1.165, 1.54) is 6.26 Å². The predicted molar refractivity (Wildman–Crippen MR) is 70.4 cm³/mol. The van der Waals surface area contributed by atoms with E-state index >= 15 is 0 Å². The molecular formula is C14H16N2O2. The molecule has 0 fully saturated rings. The number of aryl methyl sites for hydroxylation is 1. The van der Waals surface area contributed by atoms with Crippen LogP contribution in [0.2, 0.25) is 0 Å². The van der Waals surface area contributed by atoms with Gasteiger partial charge in [-0.2, -0.15) is 0 Å². The monoisotopic (exact) mass is 244 g/mol. The SMILES string of the molecule is Cc1occc1C(=O)Nc1cccc(C(C)N)c1. The van der Waals surface area contributed by atoms with Gasteiger partial charge in [-0.25, -0.2) is 0 Å².